The van der Waals surface area contributed by atoms with Gasteiger partial charge in [0, 0.05) is 0 Å². The Morgan fingerprint density at radius 2 is 0.694 bits per heavy atom. The molecule has 0 nitrogen and oxygen atoms in total. The minimum atomic E-state index is -0.363. The van der Waals surface area contributed by atoms with Crippen molar-refractivity contribution in [3.05, 3.63) is 204 Å². The molecular formula is C49H30. The summed E-state index contributed by atoms with van der Waals surface area (Å²) in [6, 6.07) is 68.0. The van der Waals surface area contributed by atoms with Crippen LogP contribution < -0.4 is 0 Å². The fourth-order valence-electron chi connectivity index (χ4n) is 9.34. The quantitative estimate of drug-likeness (QED) is 0.169. The van der Waals surface area contributed by atoms with Crippen LogP contribution in [0.15, 0.2) is 182 Å². The van der Waals surface area contributed by atoms with Crippen molar-refractivity contribution in [3.63, 3.8) is 0 Å². The van der Waals surface area contributed by atoms with Crippen LogP contribution >= 0.6 is 0 Å². The first-order valence-corrected chi connectivity index (χ1v) is 17.2. The summed E-state index contributed by atoms with van der Waals surface area (Å²) in [7, 11) is 0. The highest BCUT2D eigenvalue weighted by Gasteiger charge is 2.51. The number of rotatable bonds is 2. The Hall–Kier alpha value is -6.24. The summed E-state index contributed by atoms with van der Waals surface area (Å²) in [5.41, 5.74) is 15.5. The lowest BCUT2D eigenvalue weighted by Gasteiger charge is -2.30. The molecule has 11 rings (SSSR count). The van der Waals surface area contributed by atoms with E-state index in [1.54, 1.807) is 0 Å². The van der Waals surface area contributed by atoms with Gasteiger partial charge in [-0.1, -0.05) is 164 Å². The molecule has 0 N–H and O–H groups in total. The monoisotopic (exact) mass is 618 g/mol. The van der Waals surface area contributed by atoms with Gasteiger partial charge in [0.1, 0.15) is 0 Å². The molecule has 0 unspecified atom stereocenters. The van der Waals surface area contributed by atoms with Crippen molar-refractivity contribution in [1.82, 2.24) is 0 Å². The van der Waals surface area contributed by atoms with E-state index in [2.05, 4.69) is 182 Å². The summed E-state index contributed by atoms with van der Waals surface area (Å²) in [6.45, 7) is 0. The van der Waals surface area contributed by atoms with Crippen LogP contribution in [0.25, 0.3) is 76.8 Å². The fourth-order valence-corrected chi connectivity index (χ4v) is 9.34. The second-order valence-corrected chi connectivity index (χ2v) is 13.6. The van der Waals surface area contributed by atoms with Crippen molar-refractivity contribution in [2.75, 3.05) is 0 Å². The first-order chi connectivity index (χ1) is 24.3. The van der Waals surface area contributed by atoms with Crippen molar-refractivity contribution in [2.24, 2.45) is 0 Å². The van der Waals surface area contributed by atoms with Gasteiger partial charge in [-0.2, -0.15) is 0 Å². The van der Waals surface area contributed by atoms with E-state index in [4.69, 9.17) is 0 Å². The van der Waals surface area contributed by atoms with Crippen LogP contribution in [0.3, 0.4) is 0 Å². The predicted octanol–water partition coefficient (Wildman–Crippen LogP) is 12.8. The van der Waals surface area contributed by atoms with E-state index in [0.717, 1.165) is 0 Å². The van der Waals surface area contributed by atoms with E-state index in [0.29, 0.717) is 0 Å². The molecule has 0 fully saturated rings. The van der Waals surface area contributed by atoms with E-state index >= 15 is 0 Å². The first-order valence-electron chi connectivity index (χ1n) is 17.2. The van der Waals surface area contributed by atoms with E-state index < -0.39 is 0 Å². The van der Waals surface area contributed by atoms with Crippen molar-refractivity contribution in [3.8, 4) is 44.5 Å². The maximum Gasteiger partial charge on any atom is 0.0725 e. The average Bonchev–Trinajstić information content (AvgIpc) is 3.64. The first kappa shape index (κ1) is 26.8. The second-order valence-electron chi connectivity index (χ2n) is 13.6. The lowest BCUT2D eigenvalue weighted by atomic mass is 9.70. The third-order valence-corrected chi connectivity index (χ3v) is 11.3. The summed E-state index contributed by atoms with van der Waals surface area (Å²) in [5, 5.41) is 7.74. The zero-order chi connectivity index (χ0) is 32.1. The molecule has 0 aromatic heterocycles. The van der Waals surface area contributed by atoms with Gasteiger partial charge in [-0.15, -0.1) is 0 Å². The highest BCUT2D eigenvalue weighted by molar-refractivity contribution is 6.25. The van der Waals surface area contributed by atoms with E-state index in [9.17, 15) is 0 Å². The lowest BCUT2D eigenvalue weighted by molar-refractivity contribution is 0.794. The Morgan fingerprint density at radius 3 is 1.24 bits per heavy atom. The second kappa shape index (κ2) is 9.89. The molecule has 2 aliphatic carbocycles. The largest absolute Gasteiger partial charge is 0.0725 e. The summed E-state index contributed by atoms with van der Waals surface area (Å²) in [4.78, 5) is 0. The molecule has 1 spiro atoms. The molecule has 0 atom stereocenters. The molecule has 0 bridgehead atoms. The molecular weight excluding hydrogens is 589 g/mol. The topological polar surface area (TPSA) is 0 Å². The summed E-state index contributed by atoms with van der Waals surface area (Å²) < 4.78 is 0. The summed E-state index contributed by atoms with van der Waals surface area (Å²) in [6.07, 6.45) is 0. The zero-order valence-corrected chi connectivity index (χ0v) is 26.8. The lowest BCUT2D eigenvalue weighted by Crippen LogP contribution is -2.25. The Kier molecular flexibility index (Phi) is 5.41. The normalized spacial score (nSPS) is 13.5. The summed E-state index contributed by atoms with van der Waals surface area (Å²) >= 11 is 0. The highest BCUT2D eigenvalue weighted by atomic mass is 14.5. The van der Waals surface area contributed by atoms with Crippen LogP contribution in [0.2, 0.25) is 0 Å². The van der Waals surface area contributed by atoms with Crippen molar-refractivity contribution in [1.29, 1.82) is 0 Å². The van der Waals surface area contributed by atoms with Crippen LogP contribution in [-0.4, -0.2) is 0 Å². The van der Waals surface area contributed by atoms with Crippen LogP contribution in [0.1, 0.15) is 22.3 Å². The minimum absolute atomic E-state index is 0.363. The van der Waals surface area contributed by atoms with E-state index in [-0.39, 0.29) is 5.41 Å². The molecule has 0 amide bonds. The van der Waals surface area contributed by atoms with Gasteiger partial charge in [-0.3, -0.25) is 0 Å². The van der Waals surface area contributed by atoms with Crippen molar-refractivity contribution < 1.29 is 0 Å². The van der Waals surface area contributed by atoms with Crippen LogP contribution in [0.5, 0.6) is 0 Å². The molecule has 0 saturated carbocycles. The maximum atomic E-state index is 2.51. The number of hydrogen-bond acceptors (Lipinski definition) is 0. The predicted molar refractivity (Wildman–Crippen MR) is 206 cm³/mol. The third-order valence-electron chi connectivity index (χ3n) is 11.3. The minimum Gasteiger partial charge on any atom is -0.0622 e. The van der Waals surface area contributed by atoms with Gasteiger partial charge in [-0.05, 0) is 117 Å². The van der Waals surface area contributed by atoms with Gasteiger partial charge in [0.2, 0.25) is 0 Å². The molecule has 49 heavy (non-hydrogen) atoms. The Bertz CT molecular complexity index is 2760. The maximum absolute atomic E-state index is 2.51. The average molecular weight is 619 g/mol. The van der Waals surface area contributed by atoms with Gasteiger partial charge in [0.05, 0.1) is 5.41 Å². The SMILES string of the molecule is c1ccc(-c2cc3cc(-c4ccc5c(c4)C4(c6ccccc6-c6ccccc64)c4ccccc4-5)c4ccccc4c3c3ccccc23)cc1. The van der Waals surface area contributed by atoms with Crippen LogP contribution in [-0.2, 0) is 5.41 Å². The van der Waals surface area contributed by atoms with E-state index in [1.165, 1.54) is 99.1 Å². The molecule has 9 aromatic carbocycles. The molecule has 2 aliphatic rings. The van der Waals surface area contributed by atoms with E-state index in [1.807, 2.05) is 0 Å². The fraction of sp³-hybridized carbons (Fsp3) is 0.0204. The molecule has 0 heterocycles. The zero-order valence-electron chi connectivity index (χ0n) is 26.8. The Balaban J connectivity index is 1.24. The molecule has 0 saturated heterocycles. The van der Waals surface area contributed by atoms with Gasteiger partial charge in [0.15, 0.2) is 0 Å². The molecule has 0 radical (unpaired) electrons. The van der Waals surface area contributed by atoms with Crippen molar-refractivity contribution in [2.45, 2.75) is 5.41 Å². The number of hydrogen-bond donors (Lipinski definition) is 0. The van der Waals surface area contributed by atoms with Crippen LogP contribution in [0, 0.1) is 0 Å². The molecule has 226 valence electrons. The third kappa shape index (κ3) is 3.48. The standard InChI is InChI=1S/C49H30/c1-2-14-31(15-3-1)42-28-33-29-43(35-17-5-7-22-41(35)48(33)40-21-6-4-16-34(40)42)32-26-27-39-38-20-10-13-25-46(38)49(47(39)30-32)44-23-11-8-18-36(44)37-19-9-12-24-45(37)49/h1-30H. The van der Waals surface area contributed by atoms with Crippen LogP contribution in [0.4, 0.5) is 0 Å². The molecule has 9 aromatic rings. The molecule has 0 heteroatoms. The smallest absolute Gasteiger partial charge is 0.0622 e. The Morgan fingerprint density at radius 1 is 0.265 bits per heavy atom. The number of fused-ring (bicyclic) bond motifs is 15. The van der Waals surface area contributed by atoms with Gasteiger partial charge in [-0.25, -0.2) is 0 Å². The highest BCUT2D eigenvalue weighted by Crippen LogP contribution is 2.63. The summed E-state index contributed by atoms with van der Waals surface area (Å²) in [5.74, 6) is 0. The van der Waals surface area contributed by atoms with Gasteiger partial charge in [0.25, 0.3) is 0 Å². The van der Waals surface area contributed by atoms with Gasteiger partial charge >= 0.3 is 0 Å². The Labute approximate surface area is 285 Å². The van der Waals surface area contributed by atoms with Gasteiger partial charge < -0.3 is 0 Å². The molecule has 0 aliphatic heterocycles. The number of benzene rings is 9. The van der Waals surface area contributed by atoms with Crippen molar-refractivity contribution >= 4 is 32.3 Å².